The number of H-pyrrole nitrogens is 1. The van der Waals surface area contributed by atoms with Gasteiger partial charge in [-0.3, -0.25) is 5.10 Å². The molecule has 1 aromatic rings. The summed E-state index contributed by atoms with van der Waals surface area (Å²) in [6.45, 7) is 0.739. The summed E-state index contributed by atoms with van der Waals surface area (Å²) < 4.78 is 1.74. The van der Waals surface area contributed by atoms with Crippen LogP contribution < -0.4 is 5.73 Å². The van der Waals surface area contributed by atoms with Crippen molar-refractivity contribution in [3.63, 3.8) is 0 Å². The van der Waals surface area contributed by atoms with E-state index in [2.05, 4.69) is 10.2 Å². The van der Waals surface area contributed by atoms with Gasteiger partial charge in [-0.05, 0) is 25.2 Å². The number of nitrogens with two attached hydrogens (primary N) is 1. The Balaban J connectivity index is 2.33. The van der Waals surface area contributed by atoms with Crippen molar-refractivity contribution in [1.82, 2.24) is 10.2 Å². The Labute approximate surface area is 78.4 Å². The molecule has 6 heteroatoms. The molecular formula is C5H9N3S3. The van der Waals surface area contributed by atoms with E-state index in [0.29, 0.717) is 0 Å². The molecule has 11 heavy (non-hydrogen) atoms. The molecule has 1 heterocycles. The van der Waals surface area contributed by atoms with E-state index in [4.69, 9.17) is 18.0 Å². The fraction of sp³-hybridized carbons (Fsp3) is 0.600. The van der Waals surface area contributed by atoms with Crippen molar-refractivity contribution in [2.75, 3.05) is 12.3 Å². The van der Waals surface area contributed by atoms with Crippen molar-refractivity contribution in [3.8, 4) is 0 Å². The van der Waals surface area contributed by atoms with Gasteiger partial charge < -0.3 is 5.73 Å². The third kappa shape index (κ3) is 3.33. The van der Waals surface area contributed by atoms with E-state index in [1.807, 2.05) is 0 Å². The van der Waals surface area contributed by atoms with Crippen molar-refractivity contribution >= 4 is 35.3 Å². The van der Waals surface area contributed by atoms with E-state index < -0.39 is 0 Å². The standard InChI is InChI=1S/C5H9N3S3/c6-2-1-3-10-5-8-7-4(9)11-5/h1-3,6H2,(H,7,9). The minimum atomic E-state index is 0.736. The summed E-state index contributed by atoms with van der Waals surface area (Å²) in [5, 5.41) is 6.73. The number of nitrogens with one attached hydrogen (secondary N) is 1. The average Bonchev–Trinajstić information content (AvgIpc) is 2.37. The fourth-order valence-electron chi connectivity index (χ4n) is 0.521. The van der Waals surface area contributed by atoms with E-state index >= 15 is 0 Å². The molecule has 0 amide bonds. The second-order valence-electron chi connectivity index (χ2n) is 1.87. The fourth-order valence-corrected chi connectivity index (χ4v) is 2.63. The van der Waals surface area contributed by atoms with Crippen molar-refractivity contribution < 1.29 is 0 Å². The van der Waals surface area contributed by atoms with Crippen molar-refractivity contribution in [1.29, 1.82) is 0 Å². The number of thioether (sulfide) groups is 1. The molecule has 1 rings (SSSR count). The Morgan fingerprint density at radius 2 is 2.55 bits per heavy atom. The van der Waals surface area contributed by atoms with Gasteiger partial charge in [-0.1, -0.05) is 23.1 Å². The predicted octanol–water partition coefficient (Wildman–Crippen LogP) is 1.64. The van der Waals surface area contributed by atoms with Crippen molar-refractivity contribution in [3.05, 3.63) is 3.95 Å². The first-order chi connectivity index (χ1) is 5.33. The van der Waals surface area contributed by atoms with Crippen LogP contribution >= 0.6 is 35.3 Å². The number of nitrogens with zero attached hydrogens (tertiary/aromatic N) is 1. The maximum Gasteiger partial charge on any atom is 0.177 e. The van der Waals surface area contributed by atoms with Crippen LogP contribution in [0.5, 0.6) is 0 Å². The minimum absolute atomic E-state index is 0.736. The lowest BCUT2D eigenvalue weighted by Gasteiger charge is -1.91. The van der Waals surface area contributed by atoms with E-state index in [1.165, 1.54) is 11.3 Å². The first-order valence-corrected chi connectivity index (χ1v) is 5.42. The molecule has 0 aliphatic heterocycles. The topological polar surface area (TPSA) is 54.7 Å². The number of aromatic nitrogens is 2. The molecule has 0 fully saturated rings. The monoisotopic (exact) mass is 207 g/mol. The lowest BCUT2D eigenvalue weighted by molar-refractivity contribution is 0.938. The number of hydrogen-bond acceptors (Lipinski definition) is 5. The molecule has 3 N–H and O–H groups in total. The van der Waals surface area contributed by atoms with Gasteiger partial charge in [0.25, 0.3) is 0 Å². The van der Waals surface area contributed by atoms with Crippen LogP contribution in [0.4, 0.5) is 0 Å². The molecule has 1 aromatic heterocycles. The van der Waals surface area contributed by atoms with Gasteiger partial charge in [0.2, 0.25) is 0 Å². The highest BCUT2D eigenvalue weighted by molar-refractivity contribution is 8.01. The Bertz CT molecular complexity index is 253. The summed E-state index contributed by atoms with van der Waals surface area (Å²) in [6, 6.07) is 0. The average molecular weight is 207 g/mol. The summed E-state index contributed by atoms with van der Waals surface area (Å²) in [5.41, 5.74) is 5.34. The molecule has 0 bridgehead atoms. The molecule has 0 aliphatic carbocycles. The lowest BCUT2D eigenvalue weighted by atomic mass is 10.5. The molecular weight excluding hydrogens is 198 g/mol. The minimum Gasteiger partial charge on any atom is -0.330 e. The molecule has 62 valence electrons. The zero-order valence-electron chi connectivity index (χ0n) is 5.87. The first kappa shape index (κ1) is 9.18. The molecule has 0 saturated heterocycles. The molecule has 0 spiro atoms. The highest BCUT2D eigenvalue weighted by atomic mass is 32.2. The molecule has 0 aliphatic rings. The Morgan fingerprint density at radius 3 is 3.09 bits per heavy atom. The highest BCUT2D eigenvalue weighted by Crippen LogP contribution is 2.20. The van der Waals surface area contributed by atoms with Gasteiger partial charge in [-0.2, -0.15) is 5.10 Å². The van der Waals surface area contributed by atoms with E-state index in [1.54, 1.807) is 11.8 Å². The van der Waals surface area contributed by atoms with Gasteiger partial charge >= 0.3 is 0 Å². The van der Waals surface area contributed by atoms with E-state index in [9.17, 15) is 0 Å². The van der Waals surface area contributed by atoms with Crippen LogP contribution in [0.3, 0.4) is 0 Å². The smallest absolute Gasteiger partial charge is 0.177 e. The second-order valence-corrected chi connectivity index (χ2v) is 4.88. The summed E-state index contributed by atoms with van der Waals surface area (Å²) in [4.78, 5) is 0. The molecule has 0 radical (unpaired) electrons. The van der Waals surface area contributed by atoms with Crippen LogP contribution in [-0.4, -0.2) is 22.5 Å². The largest absolute Gasteiger partial charge is 0.330 e. The van der Waals surface area contributed by atoms with Crippen molar-refractivity contribution in [2.24, 2.45) is 5.73 Å². The molecule has 0 unspecified atom stereocenters. The Kier molecular flexibility index (Phi) is 4.06. The van der Waals surface area contributed by atoms with Crippen LogP contribution in [0, 0.1) is 3.95 Å². The quantitative estimate of drug-likeness (QED) is 0.448. The highest BCUT2D eigenvalue weighted by Gasteiger charge is 1.96. The van der Waals surface area contributed by atoms with Crippen LogP contribution in [0.1, 0.15) is 6.42 Å². The maximum atomic E-state index is 5.34. The zero-order valence-corrected chi connectivity index (χ0v) is 8.32. The van der Waals surface area contributed by atoms with E-state index in [-0.39, 0.29) is 0 Å². The normalized spacial score (nSPS) is 10.3. The van der Waals surface area contributed by atoms with E-state index in [0.717, 1.165) is 27.0 Å². The Morgan fingerprint density at radius 1 is 1.73 bits per heavy atom. The summed E-state index contributed by atoms with van der Waals surface area (Å²) in [5.74, 6) is 1.02. The summed E-state index contributed by atoms with van der Waals surface area (Å²) >= 11 is 8.08. The van der Waals surface area contributed by atoms with Gasteiger partial charge in [0, 0.05) is 5.75 Å². The van der Waals surface area contributed by atoms with Gasteiger partial charge in [-0.15, -0.1) is 0 Å². The number of aromatic amines is 1. The number of hydrogen-bond donors (Lipinski definition) is 2. The predicted molar refractivity (Wildman–Crippen MR) is 51.7 cm³/mol. The summed E-state index contributed by atoms with van der Waals surface area (Å²) in [6.07, 6.45) is 1.02. The lowest BCUT2D eigenvalue weighted by Crippen LogP contribution is -1.99. The summed E-state index contributed by atoms with van der Waals surface area (Å²) in [7, 11) is 0. The van der Waals surface area contributed by atoms with Crippen LogP contribution in [0.25, 0.3) is 0 Å². The van der Waals surface area contributed by atoms with Crippen LogP contribution in [0.15, 0.2) is 4.34 Å². The van der Waals surface area contributed by atoms with Gasteiger partial charge in [-0.25, -0.2) is 0 Å². The zero-order chi connectivity index (χ0) is 8.10. The first-order valence-electron chi connectivity index (χ1n) is 3.21. The molecule has 3 nitrogen and oxygen atoms in total. The van der Waals surface area contributed by atoms with Gasteiger partial charge in [0.05, 0.1) is 0 Å². The second kappa shape index (κ2) is 4.87. The Hall–Kier alpha value is 0.0900. The molecule has 0 atom stereocenters. The SMILES string of the molecule is NCCCSc1n[nH]c(=S)s1. The molecule has 0 aromatic carbocycles. The van der Waals surface area contributed by atoms with Crippen molar-refractivity contribution in [2.45, 2.75) is 10.8 Å². The number of rotatable bonds is 4. The third-order valence-electron chi connectivity index (χ3n) is 0.992. The maximum absolute atomic E-state index is 5.34. The third-order valence-corrected chi connectivity index (χ3v) is 3.31. The van der Waals surface area contributed by atoms with Gasteiger partial charge in [0.15, 0.2) is 8.29 Å². The van der Waals surface area contributed by atoms with Crippen LogP contribution in [0.2, 0.25) is 0 Å². The van der Waals surface area contributed by atoms with Gasteiger partial charge in [0.1, 0.15) is 0 Å². The molecule has 0 saturated carbocycles. The van der Waals surface area contributed by atoms with Crippen LogP contribution in [-0.2, 0) is 0 Å².